The molecule has 113 valence electrons. The highest BCUT2D eigenvalue weighted by Crippen LogP contribution is 2.43. The third kappa shape index (κ3) is 3.17. The zero-order valence-electron chi connectivity index (χ0n) is 13.6. The summed E-state index contributed by atoms with van der Waals surface area (Å²) >= 11 is 0. The van der Waals surface area contributed by atoms with Crippen molar-refractivity contribution in [1.82, 2.24) is 4.81 Å². The maximum Gasteiger partial charge on any atom is 0.331 e. The van der Waals surface area contributed by atoms with Gasteiger partial charge in [0.15, 0.2) is 0 Å². The molecule has 0 saturated carbocycles. The lowest BCUT2D eigenvalue weighted by atomic mass is 9.96. The van der Waals surface area contributed by atoms with E-state index in [2.05, 4.69) is 41.5 Å². The molecule has 0 unspecified atom stereocenters. The first-order valence-electron chi connectivity index (χ1n) is 7.54. The lowest BCUT2D eigenvalue weighted by molar-refractivity contribution is -0.130. The zero-order valence-corrected chi connectivity index (χ0v) is 14.6. The molecule has 1 amide bonds. The molecule has 1 saturated heterocycles. The van der Waals surface area contributed by atoms with Crippen LogP contribution in [0, 0.1) is 0 Å². The normalized spacial score (nSPS) is 20.4. The van der Waals surface area contributed by atoms with Crippen LogP contribution in [0.15, 0.2) is 0 Å². The second-order valence-electron chi connectivity index (χ2n) is 6.53. The minimum Gasteiger partial charge on any atom is -0.404 e. The van der Waals surface area contributed by atoms with E-state index in [0.717, 1.165) is 0 Å². The summed E-state index contributed by atoms with van der Waals surface area (Å²) in [7, 11) is -0.722. The second kappa shape index (κ2) is 6.89. The van der Waals surface area contributed by atoms with Crippen LogP contribution in [0.25, 0.3) is 0 Å². The molecule has 0 aliphatic carbocycles. The van der Waals surface area contributed by atoms with E-state index in [1.54, 1.807) is 0 Å². The van der Waals surface area contributed by atoms with E-state index in [1.807, 2.05) is 0 Å². The lowest BCUT2D eigenvalue weighted by Crippen LogP contribution is -2.51. The fraction of sp³-hybridized carbons (Fsp3) is 0.857. The van der Waals surface area contributed by atoms with Crippen LogP contribution in [0.1, 0.15) is 48.0 Å². The molecule has 0 aromatic carbocycles. The summed E-state index contributed by atoms with van der Waals surface area (Å²) in [5, 5.41) is 0. The highest BCUT2D eigenvalue weighted by atomic mass is 28.4. The van der Waals surface area contributed by atoms with Gasteiger partial charge in [0.05, 0.1) is 0 Å². The number of rotatable bonds is 7. The van der Waals surface area contributed by atoms with Crippen LogP contribution in [0.3, 0.4) is 0 Å². The summed E-state index contributed by atoms with van der Waals surface area (Å²) < 4.78 is 6.48. The van der Waals surface area contributed by atoms with Crippen LogP contribution in [0.2, 0.25) is 16.6 Å². The fourth-order valence-electron chi connectivity index (χ4n) is 3.66. The van der Waals surface area contributed by atoms with E-state index in [1.165, 1.54) is 12.2 Å². The Labute approximate surface area is 124 Å². The van der Waals surface area contributed by atoms with E-state index in [-0.39, 0.29) is 12.0 Å². The summed E-state index contributed by atoms with van der Waals surface area (Å²) in [5.74, 6) is -0.0593. The molecule has 0 aromatic heterocycles. The van der Waals surface area contributed by atoms with Gasteiger partial charge in [0.2, 0.25) is 14.2 Å². The number of nitrogens with zero attached hydrogens (tertiary/aromatic N) is 1. The van der Waals surface area contributed by atoms with Gasteiger partial charge in [-0.2, -0.15) is 0 Å². The first-order chi connectivity index (χ1) is 9.27. The first-order valence-corrected chi connectivity index (χ1v) is 9.68. The first kappa shape index (κ1) is 17.4. The average molecular weight is 296 g/mol. The molecule has 4 nitrogen and oxygen atoms in total. The van der Waals surface area contributed by atoms with Crippen LogP contribution < -0.4 is 0 Å². The predicted molar refractivity (Wildman–Crippen MR) is 84.8 cm³/mol. The Morgan fingerprint density at radius 3 is 2.10 bits per heavy atom. The third-order valence-electron chi connectivity index (χ3n) is 4.48. The molecular weight excluding hydrogens is 269 g/mol. The number of amides is 1. The highest BCUT2D eigenvalue weighted by molar-refractivity contribution is 6.77. The Bertz CT molecular complexity index is 339. The van der Waals surface area contributed by atoms with Gasteiger partial charge in [-0.15, -0.1) is 0 Å². The summed E-state index contributed by atoms with van der Waals surface area (Å²) in [6.07, 6.45) is 0.979. The van der Waals surface area contributed by atoms with Crippen LogP contribution in [-0.2, 0) is 14.0 Å². The minimum atomic E-state index is -2.04. The van der Waals surface area contributed by atoms with Gasteiger partial charge < -0.3 is 14.0 Å². The Kier molecular flexibility index (Phi) is 6.01. The SMILES string of the molecule is CC(C)[Si](O[C@H]1CCN([B]C=O)C1=O)(C(C)C)C(C)C. The molecule has 20 heavy (non-hydrogen) atoms. The molecule has 1 rings (SSSR count). The average Bonchev–Trinajstić information content (AvgIpc) is 2.67. The van der Waals surface area contributed by atoms with E-state index in [4.69, 9.17) is 4.43 Å². The van der Waals surface area contributed by atoms with Crippen molar-refractivity contribution in [3.8, 4) is 0 Å². The Balaban J connectivity index is 2.92. The van der Waals surface area contributed by atoms with Gasteiger partial charge in [-0.25, -0.2) is 0 Å². The number of carbonyl (C=O) groups excluding carboxylic acids is 2. The van der Waals surface area contributed by atoms with Crippen molar-refractivity contribution in [1.29, 1.82) is 0 Å². The van der Waals surface area contributed by atoms with Gasteiger partial charge in [0, 0.05) is 6.54 Å². The van der Waals surface area contributed by atoms with Crippen LogP contribution >= 0.6 is 0 Å². The molecule has 0 aromatic rings. The van der Waals surface area contributed by atoms with Gasteiger partial charge in [0.1, 0.15) is 12.3 Å². The van der Waals surface area contributed by atoms with Crippen molar-refractivity contribution < 1.29 is 14.0 Å². The molecule has 1 atom stereocenters. The summed E-state index contributed by atoms with van der Waals surface area (Å²) in [5.41, 5.74) is 1.37. The monoisotopic (exact) mass is 296 g/mol. The predicted octanol–water partition coefficient (Wildman–Crippen LogP) is 2.59. The second-order valence-corrected chi connectivity index (χ2v) is 11.9. The molecule has 6 heteroatoms. The van der Waals surface area contributed by atoms with Crippen LogP contribution in [-0.4, -0.2) is 45.3 Å². The van der Waals surface area contributed by atoms with E-state index < -0.39 is 8.32 Å². The van der Waals surface area contributed by atoms with Crippen molar-refractivity contribution in [3.63, 3.8) is 0 Å². The number of hydrogen-bond acceptors (Lipinski definition) is 3. The lowest BCUT2D eigenvalue weighted by Gasteiger charge is -2.43. The molecule has 1 heterocycles. The smallest absolute Gasteiger partial charge is 0.331 e. The van der Waals surface area contributed by atoms with Gasteiger partial charge in [-0.3, -0.25) is 4.79 Å². The summed E-state index contributed by atoms with van der Waals surface area (Å²) in [6, 6.07) is 0. The zero-order chi connectivity index (χ0) is 15.5. The molecule has 1 radical (unpaired) electrons. The van der Waals surface area contributed by atoms with Gasteiger partial charge in [-0.05, 0) is 23.0 Å². The van der Waals surface area contributed by atoms with Crippen molar-refractivity contribution in [2.24, 2.45) is 0 Å². The Hall–Kier alpha value is -0.618. The summed E-state index contributed by atoms with van der Waals surface area (Å²) in [6.45, 7) is 13.8. The Morgan fingerprint density at radius 2 is 1.70 bits per heavy atom. The van der Waals surface area contributed by atoms with Gasteiger partial charge >= 0.3 is 7.41 Å². The van der Waals surface area contributed by atoms with Gasteiger partial charge in [-0.1, -0.05) is 41.5 Å². The van der Waals surface area contributed by atoms with E-state index in [9.17, 15) is 9.59 Å². The molecule has 0 spiro atoms. The largest absolute Gasteiger partial charge is 0.404 e. The molecule has 1 fully saturated rings. The standard InChI is InChI=1S/C14H27BNO3Si/c1-10(2)20(11(3)4,12(5)6)19-13-7-8-16(14(13)18)15-9-17/h9-13H,7-8H2,1-6H3/t13-/m0/s1. The van der Waals surface area contributed by atoms with Crippen molar-refractivity contribution in [2.45, 2.75) is 70.7 Å². The van der Waals surface area contributed by atoms with E-state index in [0.29, 0.717) is 35.8 Å². The van der Waals surface area contributed by atoms with Crippen molar-refractivity contribution in [2.75, 3.05) is 6.54 Å². The van der Waals surface area contributed by atoms with Crippen LogP contribution in [0.5, 0.6) is 0 Å². The molecule has 0 N–H and O–H groups in total. The van der Waals surface area contributed by atoms with Gasteiger partial charge in [0.25, 0.3) is 0 Å². The maximum absolute atomic E-state index is 12.3. The highest BCUT2D eigenvalue weighted by Gasteiger charge is 2.49. The van der Waals surface area contributed by atoms with Crippen molar-refractivity contribution >= 4 is 27.8 Å². The minimum absolute atomic E-state index is 0.0593. The fourth-order valence-corrected chi connectivity index (χ4v) is 9.19. The Morgan fingerprint density at radius 1 is 1.20 bits per heavy atom. The number of carbonyl (C=O) groups is 2. The van der Waals surface area contributed by atoms with Crippen molar-refractivity contribution in [3.05, 3.63) is 0 Å². The maximum atomic E-state index is 12.3. The number of hydrogen-bond donors (Lipinski definition) is 0. The molecule has 0 bridgehead atoms. The van der Waals surface area contributed by atoms with Crippen LogP contribution in [0.4, 0.5) is 0 Å². The molecule has 1 aliphatic rings. The van der Waals surface area contributed by atoms with E-state index >= 15 is 0 Å². The quantitative estimate of drug-likeness (QED) is 0.536. The molecular formula is C14H27BNO3Si. The third-order valence-corrected chi connectivity index (χ3v) is 10.6. The topological polar surface area (TPSA) is 46.6 Å². The summed E-state index contributed by atoms with van der Waals surface area (Å²) in [4.78, 5) is 24.3. The molecule has 1 aliphatic heterocycles.